The fraction of sp³-hybridized carbons (Fsp3) is 0.583. The van der Waals surface area contributed by atoms with Crippen LogP contribution in [0.4, 0.5) is 11.6 Å². The molecule has 1 aliphatic heterocycles. The number of carboxylic acid groups (broad SMARTS) is 1. The van der Waals surface area contributed by atoms with Gasteiger partial charge in [0.2, 0.25) is 0 Å². The Balaban J connectivity index is 2.20. The molecule has 2 heterocycles. The first-order valence-corrected chi connectivity index (χ1v) is 6.17. The first-order chi connectivity index (χ1) is 9.06. The summed E-state index contributed by atoms with van der Waals surface area (Å²) in [6.45, 7) is 4.67. The first kappa shape index (κ1) is 13.5. The molecule has 0 aromatic carbocycles. The number of aliphatic carboxylic acids is 1. The van der Waals surface area contributed by atoms with Gasteiger partial charge in [0.15, 0.2) is 0 Å². The summed E-state index contributed by atoms with van der Waals surface area (Å²) in [6.07, 6.45) is 0. The van der Waals surface area contributed by atoms with Crippen molar-refractivity contribution in [1.82, 2.24) is 9.97 Å². The number of carbonyl (C=O) groups is 1. The minimum Gasteiger partial charge on any atom is -0.480 e. The van der Waals surface area contributed by atoms with Crippen LogP contribution in [0, 0.1) is 6.92 Å². The van der Waals surface area contributed by atoms with Gasteiger partial charge < -0.3 is 19.6 Å². The number of morpholine rings is 1. The molecule has 0 amide bonds. The second-order valence-corrected chi connectivity index (χ2v) is 4.48. The van der Waals surface area contributed by atoms with Crippen LogP contribution in [-0.2, 0) is 9.53 Å². The summed E-state index contributed by atoms with van der Waals surface area (Å²) in [7, 11) is 1.71. The topological polar surface area (TPSA) is 78.8 Å². The summed E-state index contributed by atoms with van der Waals surface area (Å²) in [5, 5.41) is 8.82. The molecule has 2 rings (SSSR count). The molecule has 1 N–H and O–H groups in total. The van der Waals surface area contributed by atoms with E-state index in [4.69, 9.17) is 9.84 Å². The Bertz CT molecular complexity index is 460. The SMILES string of the molecule is Cc1nc(N(C)CC(=O)O)cc(N2CCOCC2)n1. The Morgan fingerprint density at radius 3 is 2.79 bits per heavy atom. The van der Waals surface area contributed by atoms with E-state index < -0.39 is 5.97 Å². The second kappa shape index (κ2) is 5.83. The number of carboxylic acids is 1. The average molecular weight is 266 g/mol. The maximum atomic E-state index is 10.7. The molecule has 0 radical (unpaired) electrons. The van der Waals surface area contributed by atoms with E-state index in [0.29, 0.717) is 24.9 Å². The highest BCUT2D eigenvalue weighted by Crippen LogP contribution is 2.19. The normalized spacial score (nSPS) is 15.4. The Kier molecular flexibility index (Phi) is 4.16. The van der Waals surface area contributed by atoms with E-state index in [1.54, 1.807) is 11.9 Å². The van der Waals surface area contributed by atoms with E-state index in [2.05, 4.69) is 14.9 Å². The summed E-state index contributed by atoms with van der Waals surface area (Å²) in [5.41, 5.74) is 0. The largest absolute Gasteiger partial charge is 0.480 e. The van der Waals surface area contributed by atoms with Crippen molar-refractivity contribution >= 4 is 17.6 Å². The van der Waals surface area contributed by atoms with Crippen LogP contribution in [0.5, 0.6) is 0 Å². The molecule has 1 aromatic heterocycles. The van der Waals surface area contributed by atoms with E-state index in [-0.39, 0.29) is 6.54 Å². The lowest BCUT2D eigenvalue weighted by Gasteiger charge is -2.28. The summed E-state index contributed by atoms with van der Waals surface area (Å²) in [6, 6.07) is 1.82. The predicted octanol–water partition coefficient (Wildman–Crippen LogP) is 0.142. The van der Waals surface area contributed by atoms with Crippen LogP contribution in [-0.4, -0.2) is 60.9 Å². The number of hydrogen-bond donors (Lipinski definition) is 1. The fourth-order valence-electron chi connectivity index (χ4n) is 1.97. The maximum Gasteiger partial charge on any atom is 0.323 e. The van der Waals surface area contributed by atoms with Gasteiger partial charge in [0.25, 0.3) is 0 Å². The summed E-state index contributed by atoms with van der Waals surface area (Å²) in [4.78, 5) is 23.1. The monoisotopic (exact) mass is 266 g/mol. The molecule has 0 bridgehead atoms. The molecule has 1 fully saturated rings. The number of aromatic nitrogens is 2. The number of likely N-dealkylation sites (N-methyl/N-ethyl adjacent to an activating group) is 1. The first-order valence-electron chi connectivity index (χ1n) is 6.17. The molecule has 104 valence electrons. The Hall–Kier alpha value is -1.89. The molecular weight excluding hydrogens is 248 g/mol. The molecule has 1 aliphatic rings. The van der Waals surface area contributed by atoms with Gasteiger partial charge in [-0.1, -0.05) is 0 Å². The van der Waals surface area contributed by atoms with Crippen LogP contribution in [0.2, 0.25) is 0 Å². The van der Waals surface area contributed by atoms with Gasteiger partial charge in [0.1, 0.15) is 24.0 Å². The zero-order chi connectivity index (χ0) is 13.8. The van der Waals surface area contributed by atoms with Gasteiger partial charge in [-0.2, -0.15) is 0 Å². The minimum absolute atomic E-state index is 0.0843. The van der Waals surface area contributed by atoms with Crippen molar-refractivity contribution in [2.24, 2.45) is 0 Å². The molecular formula is C12H18N4O3. The van der Waals surface area contributed by atoms with Crippen molar-refractivity contribution < 1.29 is 14.6 Å². The van der Waals surface area contributed by atoms with E-state index >= 15 is 0 Å². The Morgan fingerprint density at radius 1 is 1.47 bits per heavy atom. The lowest BCUT2D eigenvalue weighted by molar-refractivity contribution is -0.135. The van der Waals surface area contributed by atoms with Crippen LogP contribution in [0.1, 0.15) is 5.82 Å². The number of hydrogen-bond acceptors (Lipinski definition) is 6. The summed E-state index contributed by atoms with van der Waals surface area (Å²) in [5.74, 6) is 1.20. The number of aryl methyl sites for hydroxylation is 1. The van der Waals surface area contributed by atoms with Crippen LogP contribution < -0.4 is 9.80 Å². The van der Waals surface area contributed by atoms with Crippen molar-refractivity contribution in [2.45, 2.75) is 6.92 Å². The molecule has 0 saturated carbocycles. The molecule has 7 nitrogen and oxygen atoms in total. The van der Waals surface area contributed by atoms with Crippen LogP contribution in [0.3, 0.4) is 0 Å². The van der Waals surface area contributed by atoms with E-state index in [9.17, 15) is 4.79 Å². The Morgan fingerprint density at radius 2 is 2.16 bits per heavy atom. The van der Waals surface area contributed by atoms with Crippen LogP contribution in [0.25, 0.3) is 0 Å². The van der Waals surface area contributed by atoms with Gasteiger partial charge in [-0.15, -0.1) is 0 Å². The highest BCUT2D eigenvalue weighted by molar-refractivity contribution is 5.73. The van der Waals surface area contributed by atoms with Crippen LogP contribution in [0.15, 0.2) is 6.07 Å². The van der Waals surface area contributed by atoms with Gasteiger partial charge in [-0.3, -0.25) is 4.79 Å². The predicted molar refractivity (Wildman–Crippen MR) is 70.7 cm³/mol. The third kappa shape index (κ3) is 3.54. The van der Waals surface area contributed by atoms with Gasteiger partial charge in [-0.05, 0) is 6.92 Å². The lowest BCUT2D eigenvalue weighted by Crippen LogP contribution is -2.37. The molecule has 0 spiro atoms. The van der Waals surface area contributed by atoms with Crippen LogP contribution >= 0.6 is 0 Å². The third-order valence-electron chi connectivity index (χ3n) is 2.91. The summed E-state index contributed by atoms with van der Waals surface area (Å²) >= 11 is 0. The molecule has 19 heavy (non-hydrogen) atoms. The van der Waals surface area contributed by atoms with E-state index in [0.717, 1.165) is 18.9 Å². The number of ether oxygens (including phenoxy) is 1. The van der Waals surface area contributed by atoms with Gasteiger partial charge in [-0.25, -0.2) is 9.97 Å². The fourth-order valence-corrected chi connectivity index (χ4v) is 1.97. The summed E-state index contributed by atoms with van der Waals surface area (Å²) < 4.78 is 5.31. The molecule has 0 aliphatic carbocycles. The van der Waals surface area contributed by atoms with Gasteiger partial charge in [0, 0.05) is 26.2 Å². The smallest absolute Gasteiger partial charge is 0.323 e. The molecule has 1 aromatic rings. The number of nitrogens with zero attached hydrogens (tertiary/aromatic N) is 4. The van der Waals surface area contributed by atoms with Gasteiger partial charge in [0.05, 0.1) is 13.2 Å². The quantitative estimate of drug-likeness (QED) is 0.830. The highest BCUT2D eigenvalue weighted by atomic mass is 16.5. The van der Waals surface area contributed by atoms with Gasteiger partial charge >= 0.3 is 5.97 Å². The van der Waals surface area contributed by atoms with Crippen molar-refractivity contribution in [3.63, 3.8) is 0 Å². The molecule has 1 saturated heterocycles. The second-order valence-electron chi connectivity index (χ2n) is 4.48. The third-order valence-corrected chi connectivity index (χ3v) is 2.91. The standard InChI is InChI=1S/C12H18N4O3/c1-9-13-10(15(2)8-12(17)18)7-11(14-9)16-3-5-19-6-4-16/h7H,3-6,8H2,1-2H3,(H,17,18). The zero-order valence-corrected chi connectivity index (χ0v) is 11.2. The molecule has 7 heteroatoms. The maximum absolute atomic E-state index is 10.7. The van der Waals surface area contributed by atoms with E-state index in [1.165, 1.54) is 0 Å². The number of rotatable bonds is 4. The highest BCUT2D eigenvalue weighted by Gasteiger charge is 2.16. The number of anilines is 2. The lowest BCUT2D eigenvalue weighted by atomic mass is 10.3. The molecule has 0 atom stereocenters. The molecule has 0 unspecified atom stereocenters. The zero-order valence-electron chi connectivity index (χ0n) is 11.2. The van der Waals surface area contributed by atoms with Crippen molar-refractivity contribution in [1.29, 1.82) is 0 Å². The van der Waals surface area contributed by atoms with Crippen molar-refractivity contribution in [3.05, 3.63) is 11.9 Å². The Labute approximate surface area is 111 Å². The van der Waals surface area contributed by atoms with E-state index in [1.807, 2.05) is 13.0 Å². The van der Waals surface area contributed by atoms with Crippen molar-refractivity contribution in [3.8, 4) is 0 Å². The minimum atomic E-state index is -0.883. The average Bonchev–Trinajstić information content (AvgIpc) is 2.38. The van der Waals surface area contributed by atoms with Crippen molar-refractivity contribution in [2.75, 3.05) is 49.7 Å².